The SMILES string of the molecule is Cc1nn(C)c2nc(C3CC3)cc(C(=O)NNc3ccc4ccccc4n3)c12. The van der Waals surface area contributed by atoms with Crippen LogP contribution in [-0.4, -0.2) is 25.7 Å². The number of nitrogens with one attached hydrogen (secondary N) is 2. The molecule has 2 N–H and O–H groups in total. The molecule has 1 aliphatic rings. The molecule has 28 heavy (non-hydrogen) atoms. The van der Waals surface area contributed by atoms with Crippen molar-refractivity contribution in [1.82, 2.24) is 25.2 Å². The number of pyridine rings is 2. The number of para-hydroxylation sites is 1. The second-order valence-electron chi connectivity index (χ2n) is 7.24. The Bertz CT molecular complexity index is 1220. The average molecular weight is 372 g/mol. The van der Waals surface area contributed by atoms with Gasteiger partial charge >= 0.3 is 0 Å². The molecule has 0 radical (unpaired) electrons. The Kier molecular flexibility index (Phi) is 3.75. The van der Waals surface area contributed by atoms with E-state index in [1.807, 2.05) is 56.4 Å². The van der Waals surface area contributed by atoms with Gasteiger partial charge in [0.15, 0.2) is 5.65 Å². The molecule has 3 aromatic heterocycles. The maximum absolute atomic E-state index is 13.0. The van der Waals surface area contributed by atoms with Crippen LogP contribution in [0.1, 0.15) is 40.5 Å². The van der Waals surface area contributed by atoms with Gasteiger partial charge in [0.2, 0.25) is 0 Å². The van der Waals surface area contributed by atoms with E-state index in [9.17, 15) is 4.79 Å². The van der Waals surface area contributed by atoms with Gasteiger partial charge in [0.05, 0.1) is 22.2 Å². The van der Waals surface area contributed by atoms with Crippen LogP contribution in [0.15, 0.2) is 42.5 Å². The number of hydrogen-bond acceptors (Lipinski definition) is 5. The number of aryl methyl sites for hydroxylation is 2. The summed E-state index contributed by atoms with van der Waals surface area (Å²) in [7, 11) is 1.86. The second-order valence-corrected chi connectivity index (χ2v) is 7.24. The number of aromatic nitrogens is 4. The minimum Gasteiger partial charge on any atom is -0.282 e. The van der Waals surface area contributed by atoms with Gasteiger partial charge in [0.1, 0.15) is 5.82 Å². The number of carbonyl (C=O) groups excluding carboxylic acids is 1. The van der Waals surface area contributed by atoms with Crippen LogP contribution in [0.5, 0.6) is 0 Å². The van der Waals surface area contributed by atoms with E-state index < -0.39 is 0 Å². The van der Waals surface area contributed by atoms with Crippen molar-refractivity contribution in [3.05, 3.63) is 59.4 Å². The zero-order valence-corrected chi connectivity index (χ0v) is 15.7. The van der Waals surface area contributed by atoms with Crippen molar-refractivity contribution in [1.29, 1.82) is 0 Å². The van der Waals surface area contributed by atoms with Crippen LogP contribution < -0.4 is 10.9 Å². The standard InChI is InChI=1S/C21H20N6O/c1-12-19-15(11-17(14-7-8-14)23-20(19)27(2)26-12)21(28)25-24-18-10-9-13-5-3-4-6-16(13)22-18/h3-6,9-11,14H,7-8H2,1-2H3,(H,22,24)(H,25,28). The summed E-state index contributed by atoms with van der Waals surface area (Å²) in [6.45, 7) is 1.90. The van der Waals surface area contributed by atoms with Crippen molar-refractivity contribution < 1.29 is 4.79 Å². The molecular weight excluding hydrogens is 352 g/mol. The molecular formula is C21H20N6O. The summed E-state index contributed by atoms with van der Waals surface area (Å²) in [5, 5.41) is 6.29. The Morgan fingerprint density at radius 2 is 1.96 bits per heavy atom. The van der Waals surface area contributed by atoms with Crippen LogP contribution in [0.25, 0.3) is 21.9 Å². The summed E-state index contributed by atoms with van der Waals surface area (Å²) in [5.74, 6) is 0.810. The van der Waals surface area contributed by atoms with Crippen molar-refractivity contribution in [3.63, 3.8) is 0 Å². The topological polar surface area (TPSA) is 84.7 Å². The lowest BCUT2D eigenvalue weighted by Gasteiger charge is -2.11. The van der Waals surface area contributed by atoms with Gasteiger partial charge in [-0.2, -0.15) is 5.10 Å². The number of fused-ring (bicyclic) bond motifs is 2. The van der Waals surface area contributed by atoms with Gasteiger partial charge < -0.3 is 0 Å². The molecule has 1 fully saturated rings. The smallest absolute Gasteiger partial charge is 0.270 e. The summed E-state index contributed by atoms with van der Waals surface area (Å²) in [6.07, 6.45) is 2.24. The van der Waals surface area contributed by atoms with Crippen molar-refractivity contribution in [2.45, 2.75) is 25.7 Å². The third-order valence-electron chi connectivity index (χ3n) is 5.13. The van der Waals surface area contributed by atoms with E-state index in [1.54, 1.807) is 4.68 Å². The highest BCUT2D eigenvalue weighted by Gasteiger charge is 2.28. The van der Waals surface area contributed by atoms with Gasteiger partial charge in [0.25, 0.3) is 5.91 Å². The fraction of sp³-hybridized carbons (Fsp3) is 0.238. The number of carbonyl (C=O) groups is 1. The van der Waals surface area contributed by atoms with Crippen molar-refractivity contribution in [3.8, 4) is 0 Å². The number of nitrogens with zero attached hydrogens (tertiary/aromatic N) is 4. The first kappa shape index (κ1) is 16.7. The molecule has 0 atom stereocenters. The normalized spacial score (nSPS) is 13.8. The molecule has 5 rings (SSSR count). The molecule has 140 valence electrons. The summed E-state index contributed by atoms with van der Waals surface area (Å²) in [6, 6.07) is 13.6. The van der Waals surface area contributed by atoms with Crippen LogP contribution in [-0.2, 0) is 7.05 Å². The van der Waals surface area contributed by atoms with Crippen LogP contribution >= 0.6 is 0 Å². The lowest BCUT2D eigenvalue weighted by Crippen LogP contribution is -2.30. The number of hydrazine groups is 1. The molecule has 3 heterocycles. The highest BCUT2D eigenvalue weighted by Crippen LogP contribution is 2.40. The van der Waals surface area contributed by atoms with E-state index in [-0.39, 0.29) is 5.91 Å². The van der Waals surface area contributed by atoms with E-state index in [1.165, 1.54) is 0 Å². The van der Waals surface area contributed by atoms with Crippen molar-refractivity contribution in [2.24, 2.45) is 7.05 Å². The largest absolute Gasteiger partial charge is 0.282 e. The molecule has 1 amide bonds. The summed E-state index contributed by atoms with van der Waals surface area (Å²) in [4.78, 5) is 22.3. The van der Waals surface area contributed by atoms with Crippen LogP contribution in [0.3, 0.4) is 0 Å². The highest BCUT2D eigenvalue weighted by atomic mass is 16.2. The Morgan fingerprint density at radius 3 is 2.79 bits per heavy atom. The third kappa shape index (κ3) is 2.85. The van der Waals surface area contributed by atoms with E-state index in [0.29, 0.717) is 17.3 Å². The van der Waals surface area contributed by atoms with Gasteiger partial charge in [-0.1, -0.05) is 18.2 Å². The van der Waals surface area contributed by atoms with Gasteiger partial charge in [-0.25, -0.2) is 9.97 Å². The molecule has 1 aromatic carbocycles. The molecule has 4 aromatic rings. The predicted octanol–water partition coefficient (Wildman–Crippen LogP) is 3.46. The monoisotopic (exact) mass is 372 g/mol. The lowest BCUT2D eigenvalue weighted by atomic mass is 10.1. The lowest BCUT2D eigenvalue weighted by molar-refractivity contribution is 0.0964. The number of amides is 1. The fourth-order valence-corrected chi connectivity index (χ4v) is 3.56. The van der Waals surface area contributed by atoms with Crippen LogP contribution in [0.4, 0.5) is 5.82 Å². The average Bonchev–Trinajstić information content (AvgIpc) is 3.52. The maximum atomic E-state index is 13.0. The molecule has 0 saturated heterocycles. The van der Waals surface area contributed by atoms with Crippen LogP contribution in [0.2, 0.25) is 0 Å². The first-order valence-corrected chi connectivity index (χ1v) is 9.36. The first-order chi connectivity index (χ1) is 13.6. The van der Waals surface area contributed by atoms with Gasteiger partial charge in [-0.15, -0.1) is 0 Å². The fourth-order valence-electron chi connectivity index (χ4n) is 3.56. The van der Waals surface area contributed by atoms with E-state index in [2.05, 4.69) is 20.9 Å². The van der Waals surface area contributed by atoms with Gasteiger partial charge in [-0.3, -0.25) is 20.3 Å². The minimum absolute atomic E-state index is 0.222. The molecule has 0 aliphatic heterocycles. The molecule has 7 nitrogen and oxygen atoms in total. The maximum Gasteiger partial charge on any atom is 0.270 e. The quantitative estimate of drug-likeness (QED) is 0.536. The van der Waals surface area contributed by atoms with E-state index in [0.717, 1.165) is 46.2 Å². The number of rotatable bonds is 4. The van der Waals surface area contributed by atoms with Crippen molar-refractivity contribution in [2.75, 3.05) is 5.43 Å². The van der Waals surface area contributed by atoms with Gasteiger partial charge in [0, 0.05) is 24.0 Å². The third-order valence-corrected chi connectivity index (χ3v) is 5.13. The summed E-state index contributed by atoms with van der Waals surface area (Å²) >= 11 is 0. The van der Waals surface area contributed by atoms with E-state index in [4.69, 9.17) is 4.98 Å². The van der Waals surface area contributed by atoms with Gasteiger partial charge in [-0.05, 0) is 44.0 Å². The minimum atomic E-state index is -0.222. The highest BCUT2D eigenvalue weighted by molar-refractivity contribution is 6.07. The van der Waals surface area contributed by atoms with Crippen molar-refractivity contribution >= 4 is 33.7 Å². The molecule has 0 unspecified atom stereocenters. The first-order valence-electron chi connectivity index (χ1n) is 9.36. The summed E-state index contributed by atoms with van der Waals surface area (Å²) in [5.41, 5.74) is 9.67. The Morgan fingerprint density at radius 1 is 1.14 bits per heavy atom. The molecule has 0 bridgehead atoms. The summed E-state index contributed by atoms with van der Waals surface area (Å²) < 4.78 is 1.74. The number of benzene rings is 1. The molecule has 1 saturated carbocycles. The predicted molar refractivity (Wildman–Crippen MR) is 108 cm³/mol. The second kappa shape index (κ2) is 6.30. The molecule has 7 heteroatoms. The Hall–Kier alpha value is -3.48. The zero-order valence-electron chi connectivity index (χ0n) is 15.7. The number of anilines is 1. The van der Waals surface area contributed by atoms with Crippen LogP contribution in [0, 0.1) is 6.92 Å². The zero-order chi connectivity index (χ0) is 19.3. The Labute approximate surface area is 161 Å². The van der Waals surface area contributed by atoms with E-state index >= 15 is 0 Å². The molecule has 1 aliphatic carbocycles. The molecule has 0 spiro atoms. The Balaban J connectivity index is 1.46. The number of hydrogen-bond donors (Lipinski definition) is 2.